The van der Waals surface area contributed by atoms with E-state index >= 15 is 0 Å². The first-order valence-corrected chi connectivity index (χ1v) is 6.10. The van der Waals surface area contributed by atoms with Crippen molar-refractivity contribution >= 4 is 5.78 Å². The molecule has 1 fully saturated rings. The van der Waals surface area contributed by atoms with Gasteiger partial charge in [0.1, 0.15) is 6.61 Å². The summed E-state index contributed by atoms with van der Waals surface area (Å²) in [5.74, 6) is 0.152. The van der Waals surface area contributed by atoms with Crippen LogP contribution in [0.5, 0.6) is 0 Å². The quantitative estimate of drug-likeness (QED) is 0.655. The molecule has 4 heteroatoms. The number of hydrogen-bond acceptors (Lipinski definition) is 4. The third kappa shape index (κ3) is 5.05. The van der Waals surface area contributed by atoms with Crippen LogP contribution < -0.4 is 0 Å². The maximum atomic E-state index is 11.4. The second kappa shape index (κ2) is 7.76. The van der Waals surface area contributed by atoms with E-state index in [9.17, 15) is 4.79 Å². The van der Waals surface area contributed by atoms with Crippen LogP contribution in [0.25, 0.3) is 0 Å². The van der Waals surface area contributed by atoms with E-state index in [1.165, 1.54) is 0 Å². The first kappa shape index (κ1) is 13.6. The summed E-state index contributed by atoms with van der Waals surface area (Å²) in [6.45, 7) is 5.54. The number of Topliss-reactive ketones (excluding diaryl/α,β-unsaturated/α-hetero) is 1. The van der Waals surface area contributed by atoms with Crippen LogP contribution in [0.3, 0.4) is 0 Å². The highest BCUT2D eigenvalue weighted by molar-refractivity contribution is 5.81. The number of ketones is 1. The summed E-state index contributed by atoms with van der Waals surface area (Å²) in [6.07, 6.45) is 3.60. The highest BCUT2D eigenvalue weighted by Crippen LogP contribution is 2.13. The minimum atomic E-state index is 0.152. The summed E-state index contributed by atoms with van der Waals surface area (Å²) in [7, 11) is 1.56. The van der Waals surface area contributed by atoms with E-state index in [0.717, 1.165) is 39.0 Å². The Morgan fingerprint density at radius 1 is 1.50 bits per heavy atom. The number of methoxy groups -OCH3 is 1. The zero-order valence-electron chi connectivity index (χ0n) is 10.4. The molecule has 0 radical (unpaired) electrons. The topological polar surface area (TPSA) is 38.8 Å². The minimum absolute atomic E-state index is 0.152. The zero-order valence-corrected chi connectivity index (χ0v) is 10.4. The second-order valence-corrected chi connectivity index (χ2v) is 4.34. The molecule has 0 N–H and O–H groups in total. The number of likely N-dealkylation sites (tertiary alicyclic amines) is 1. The normalized spacial score (nSPS) is 22.2. The molecule has 16 heavy (non-hydrogen) atoms. The summed E-state index contributed by atoms with van der Waals surface area (Å²) in [5, 5.41) is 0. The molecule has 0 aromatic carbocycles. The van der Waals surface area contributed by atoms with Gasteiger partial charge in [-0.25, -0.2) is 0 Å². The molecule has 0 amide bonds. The molecule has 1 aliphatic rings. The highest BCUT2D eigenvalue weighted by atomic mass is 16.5. The fourth-order valence-electron chi connectivity index (χ4n) is 2.03. The molecule has 0 spiro atoms. The van der Waals surface area contributed by atoms with Crippen LogP contribution in [0.1, 0.15) is 26.2 Å². The molecule has 0 bridgehead atoms. The molecule has 0 aromatic heterocycles. The Kier molecular flexibility index (Phi) is 6.61. The van der Waals surface area contributed by atoms with Gasteiger partial charge in [-0.3, -0.25) is 9.69 Å². The Bertz CT molecular complexity index is 208. The predicted octanol–water partition coefficient (Wildman–Crippen LogP) is 1.09. The predicted molar refractivity (Wildman–Crippen MR) is 62.6 cm³/mol. The van der Waals surface area contributed by atoms with Gasteiger partial charge in [-0.2, -0.15) is 0 Å². The van der Waals surface area contributed by atoms with Crippen molar-refractivity contribution in [2.45, 2.75) is 32.3 Å². The summed E-state index contributed by atoms with van der Waals surface area (Å²) in [5.41, 5.74) is 0. The number of piperidine rings is 1. The largest absolute Gasteiger partial charge is 0.377 e. The van der Waals surface area contributed by atoms with Crippen molar-refractivity contribution in [1.29, 1.82) is 0 Å². The molecule has 0 aliphatic carbocycles. The molecule has 1 aliphatic heterocycles. The van der Waals surface area contributed by atoms with Gasteiger partial charge in [-0.15, -0.1) is 0 Å². The van der Waals surface area contributed by atoms with Crippen molar-refractivity contribution in [2.75, 3.05) is 40.0 Å². The van der Waals surface area contributed by atoms with E-state index in [1.54, 1.807) is 7.11 Å². The van der Waals surface area contributed by atoms with E-state index in [4.69, 9.17) is 9.47 Å². The second-order valence-electron chi connectivity index (χ2n) is 4.34. The van der Waals surface area contributed by atoms with Crippen LogP contribution in [-0.2, 0) is 14.3 Å². The smallest absolute Gasteiger partial charge is 0.172 e. The number of rotatable bonds is 7. The van der Waals surface area contributed by atoms with Crippen molar-refractivity contribution in [3.05, 3.63) is 0 Å². The molecule has 4 nitrogen and oxygen atoms in total. The number of nitrogens with zero attached hydrogens (tertiary/aromatic N) is 1. The molecule has 0 aromatic rings. The molecule has 1 unspecified atom stereocenters. The van der Waals surface area contributed by atoms with Gasteiger partial charge in [-0.1, -0.05) is 6.92 Å². The van der Waals surface area contributed by atoms with Gasteiger partial charge in [-0.05, 0) is 25.8 Å². The van der Waals surface area contributed by atoms with E-state index < -0.39 is 0 Å². The third-order valence-electron chi connectivity index (χ3n) is 2.73. The Balaban J connectivity index is 2.24. The van der Waals surface area contributed by atoms with Gasteiger partial charge in [0.2, 0.25) is 0 Å². The molecular formula is C12H23NO3. The van der Waals surface area contributed by atoms with Gasteiger partial charge >= 0.3 is 0 Å². The van der Waals surface area contributed by atoms with Crippen molar-refractivity contribution in [3.63, 3.8) is 0 Å². The van der Waals surface area contributed by atoms with Gasteiger partial charge < -0.3 is 9.47 Å². The molecule has 1 saturated heterocycles. The Labute approximate surface area is 97.9 Å². The van der Waals surface area contributed by atoms with Crippen LogP contribution in [-0.4, -0.2) is 56.7 Å². The summed E-state index contributed by atoms with van der Waals surface area (Å²) in [6, 6.07) is 0. The lowest BCUT2D eigenvalue weighted by atomic mass is 10.1. The number of carbonyl (C=O) groups is 1. The summed E-state index contributed by atoms with van der Waals surface area (Å²) < 4.78 is 10.5. The Morgan fingerprint density at radius 3 is 3.00 bits per heavy atom. The van der Waals surface area contributed by atoms with Crippen LogP contribution in [0.15, 0.2) is 0 Å². The maximum Gasteiger partial charge on any atom is 0.172 e. The average Bonchev–Trinajstić information content (AvgIpc) is 2.27. The van der Waals surface area contributed by atoms with Crippen LogP contribution in [0, 0.1) is 0 Å². The third-order valence-corrected chi connectivity index (χ3v) is 2.73. The summed E-state index contributed by atoms with van der Waals surface area (Å²) >= 11 is 0. The van der Waals surface area contributed by atoms with Crippen molar-refractivity contribution < 1.29 is 14.3 Å². The number of hydrogen-bond donors (Lipinski definition) is 0. The van der Waals surface area contributed by atoms with Crippen LogP contribution in [0.2, 0.25) is 0 Å². The molecular weight excluding hydrogens is 206 g/mol. The monoisotopic (exact) mass is 229 g/mol. The molecule has 0 saturated carbocycles. The molecule has 1 heterocycles. The number of ether oxygens (including phenoxy) is 2. The van der Waals surface area contributed by atoms with Crippen molar-refractivity contribution in [3.8, 4) is 0 Å². The fraction of sp³-hybridized carbons (Fsp3) is 0.917. The SMILES string of the molecule is CCCOC1CCCN(CC(=O)COC)C1. The van der Waals surface area contributed by atoms with Crippen molar-refractivity contribution in [2.24, 2.45) is 0 Å². The lowest BCUT2D eigenvalue weighted by molar-refractivity contribution is -0.124. The van der Waals surface area contributed by atoms with E-state index in [1.807, 2.05) is 0 Å². The van der Waals surface area contributed by atoms with Gasteiger partial charge in [0.15, 0.2) is 5.78 Å². The fourth-order valence-corrected chi connectivity index (χ4v) is 2.03. The first-order valence-electron chi connectivity index (χ1n) is 6.10. The van der Waals surface area contributed by atoms with Gasteiger partial charge in [0.05, 0.1) is 12.6 Å². The Hall–Kier alpha value is -0.450. The molecule has 94 valence electrons. The minimum Gasteiger partial charge on any atom is -0.377 e. The van der Waals surface area contributed by atoms with Crippen LogP contribution >= 0.6 is 0 Å². The van der Waals surface area contributed by atoms with Gasteiger partial charge in [0, 0.05) is 20.3 Å². The van der Waals surface area contributed by atoms with Gasteiger partial charge in [0.25, 0.3) is 0 Å². The van der Waals surface area contributed by atoms with Crippen LogP contribution in [0.4, 0.5) is 0 Å². The number of carbonyl (C=O) groups excluding carboxylic acids is 1. The first-order chi connectivity index (χ1) is 7.76. The zero-order chi connectivity index (χ0) is 11.8. The average molecular weight is 229 g/mol. The van der Waals surface area contributed by atoms with E-state index in [2.05, 4.69) is 11.8 Å². The van der Waals surface area contributed by atoms with E-state index in [0.29, 0.717) is 12.6 Å². The lowest BCUT2D eigenvalue weighted by Gasteiger charge is -2.32. The molecule has 1 atom stereocenters. The maximum absolute atomic E-state index is 11.4. The summed E-state index contributed by atoms with van der Waals surface area (Å²) in [4.78, 5) is 13.6. The lowest BCUT2D eigenvalue weighted by Crippen LogP contribution is -2.42. The van der Waals surface area contributed by atoms with Crippen molar-refractivity contribution in [1.82, 2.24) is 4.90 Å². The molecule has 1 rings (SSSR count). The van der Waals surface area contributed by atoms with E-state index in [-0.39, 0.29) is 12.4 Å². The Morgan fingerprint density at radius 2 is 2.31 bits per heavy atom. The standard InChI is InChI=1S/C12H23NO3/c1-3-7-16-12-5-4-6-13(9-12)8-11(14)10-15-2/h12H,3-10H2,1-2H3. The highest BCUT2D eigenvalue weighted by Gasteiger charge is 2.21.